The number of hydrogen-bond acceptors (Lipinski definition) is 1. The zero-order valence-electron chi connectivity index (χ0n) is 14.7. The zero-order valence-corrected chi connectivity index (χ0v) is 14.7. The van der Waals surface area contributed by atoms with E-state index in [2.05, 4.69) is 42.7 Å². The second kappa shape index (κ2) is 6.81. The predicted octanol–water partition coefficient (Wildman–Crippen LogP) is 5.57. The van der Waals surface area contributed by atoms with Crippen LogP contribution in [0.4, 0.5) is 0 Å². The van der Waals surface area contributed by atoms with Gasteiger partial charge in [-0.3, -0.25) is 0 Å². The van der Waals surface area contributed by atoms with E-state index in [0.29, 0.717) is 0 Å². The Morgan fingerprint density at radius 2 is 1.76 bits per heavy atom. The number of hydrogen-bond donors (Lipinski definition) is 1. The third kappa shape index (κ3) is 3.13. The average Bonchev–Trinajstić information content (AvgIpc) is 2.99. The molecule has 0 atom stereocenters. The normalized spacial score (nSPS) is 11.6. The molecule has 2 aromatic carbocycles. The van der Waals surface area contributed by atoms with Gasteiger partial charge < -0.3 is 9.67 Å². The smallest absolute Gasteiger partial charge is 0.335 e. The summed E-state index contributed by atoms with van der Waals surface area (Å²) in [5.41, 5.74) is 6.75. The highest BCUT2D eigenvalue weighted by molar-refractivity contribution is 5.88. The lowest BCUT2D eigenvalue weighted by atomic mass is 10.1. The fourth-order valence-electron chi connectivity index (χ4n) is 3.07. The van der Waals surface area contributed by atoms with E-state index in [1.54, 1.807) is 18.2 Å². The van der Waals surface area contributed by atoms with Gasteiger partial charge in [0.1, 0.15) is 0 Å². The minimum Gasteiger partial charge on any atom is -0.478 e. The van der Waals surface area contributed by atoms with Crippen LogP contribution in [0.5, 0.6) is 0 Å². The van der Waals surface area contributed by atoms with Crippen LogP contribution in [0, 0.1) is 6.92 Å². The summed E-state index contributed by atoms with van der Waals surface area (Å²) in [4.78, 5) is 11.4. The number of aromatic carboxylic acids is 1. The molecule has 3 rings (SSSR count). The molecule has 0 spiro atoms. The van der Waals surface area contributed by atoms with Crippen molar-refractivity contribution in [2.45, 2.75) is 20.8 Å². The second-order valence-corrected chi connectivity index (χ2v) is 6.06. The second-order valence-electron chi connectivity index (χ2n) is 6.06. The summed E-state index contributed by atoms with van der Waals surface area (Å²) in [5.74, 6) is -0.917. The number of nitrogens with zero attached hydrogens (tertiary/aromatic N) is 1. The van der Waals surface area contributed by atoms with Crippen LogP contribution in [0.3, 0.4) is 0 Å². The van der Waals surface area contributed by atoms with Crippen molar-refractivity contribution in [1.82, 2.24) is 4.57 Å². The van der Waals surface area contributed by atoms with E-state index >= 15 is 0 Å². The Bertz CT molecular complexity index is 949. The Balaban J connectivity index is 2.27. The molecule has 0 aliphatic carbocycles. The molecule has 0 amide bonds. The van der Waals surface area contributed by atoms with Crippen LogP contribution in [-0.4, -0.2) is 15.6 Å². The van der Waals surface area contributed by atoms with Crippen molar-refractivity contribution in [3.05, 3.63) is 83.7 Å². The topological polar surface area (TPSA) is 42.2 Å². The van der Waals surface area contributed by atoms with Crippen LogP contribution < -0.4 is 0 Å². The van der Waals surface area contributed by atoms with E-state index < -0.39 is 5.97 Å². The molecular formula is C22H21NO2. The molecule has 25 heavy (non-hydrogen) atoms. The monoisotopic (exact) mass is 331 g/mol. The van der Waals surface area contributed by atoms with Crippen LogP contribution in [0.15, 0.2) is 66.7 Å². The lowest BCUT2D eigenvalue weighted by Gasteiger charge is -2.13. The molecule has 3 nitrogen and oxygen atoms in total. The Labute approximate surface area is 147 Å². The summed E-state index contributed by atoms with van der Waals surface area (Å²) >= 11 is 0. The highest BCUT2D eigenvalue weighted by Crippen LogP contribution is 2.33. The Morgan fingerprint density at radius 1 is 1.04 bits per heavy atom. The first-order valence-electron chi connectivity index (χ1n) is 8.27. The van der Waals surface area contributed by atoms with Gasteiger partial charge in [-0.1, -0.05) is 42.5 Å². The van der Waals surface area contributed by atoms with Gasteiger partial charge in [0, 0.05) is 22.6 Å². The van der Waals surface area contributed by atoms with Gasteiger partial charge in [0.15, 0.2) is 0 Å². The highest BCUT2D eigenvalue weighted by atomic mass is 16.4. The van der Waals surface area contributed by atoms with Crippen molar-refractivity contribution in [3.8, 4) is 16.8 Å². The predicted molar refractivity (Wildman–Crippen MR) is 102 cm³/mol. The van der Waals surface area contributed by atoms with E-state index in [4.69, 9.17) is 0 Å². The molecule has 0 fully saturated rings. The summed E-state index contributed by atoms with van der Waals surface area (Å²) in [6, 6.07) is 19.5. The summed E-state index contributed by atoms with van der Waals surface area (Å²) in [6.45, 7) is 6.15. The fraction of sp³-hybridized carbons (Fsp3) is 0.136. The van der Waals surface area contributed by atoms with E-state index in [9.17, 15) is 9.90 Å². The van der Waals surface area contributed by atoms with Crippen LogP contribution in [0.2, 0.25) is 0 Å². The minimum absolute atomic E-state index is 0.288. The van der Waals surface area contributed by atoms with Crippen LogP contribution in [0.25, 0.3) is 22.4 Å². The van der Waals surface area contributed by atoms with E-state index in [1.807, 2.05) is 31.2 Å². The summed E-state index contributed by atoms with van der Waals surface area (Å²) in [7, 11) is 0. The number of carbonyl (C=O) groups is 1. The van der Waals surface area contributed by atoms with Gasteiger partial charge in [-0.2, -0.15) is 0 Å². The van der Waals surface area contributed by atoms with Crippen molar-refractivity contribution in [2.75, 3.05) is 0 Å². The van der Waals surface area contributed by atoms with E-state index in [0.717, 1.165) is 33.8 Å². The number of benzene rings is 2. The summed E-state index contributed by atoms with van der Waals surface area (Å²) in [6.07, 6.45) is 2.07. The summed E-state index contributed by atoms with van der Waals surface area (Å²) in [5, 5.41) is 9.31. The van der Waals surface area contributed by atoms with Gasteiger partial charge in [-0.05, 0) is 56.2 Å². The van der Waals surface area contributed by atoms with Gasteiger partial charge >= 0.3 is 5.97 Å². The largest absolute Gasteiger partial charge is 0.478 e. The van der Waals surface area contributed by atoms with Gasteiger partial charge in [0.25, 0.3) is 0 Å². The molecule has 0 saturated carbocycles. The zero-order chi connectivity index (χ0) is 18.0. The standard InChI is InChI=1S/C22H21NO2/c1-4-15(2)21-14-20(17-9-6-5-7-10-17)16(3)23(21)19-12-8-11-18(13-19)22(24)25/h4-14H,1-3H3,(H,24,25)/b15-4+. The molecule has 0 radical (unpaired) electrons. The number of rotatable bonds is 4. The molecule has 3 heteroatoms. The maximum Gasteiger partial charge on any atom is 0.335 e. The first-order valence-corrected chi connectivity index (χ1v) is 8.27. The average molecular weight is 331 g/mol. The number of aromatic nitrogens is 1. The van der Waals surface area contributed by atoms with Crippen molar-refractivity contribution >= 4 is 11.5 Å². The molecule has 1 aromatic heterocycles. The number of carboxylic acids is 1. The molecule has 0 unspecified atom stereocenters. The van der Waals surface area contributed by atoms with E-state index in [1.165, 1.54) is 0 Å². The number of carboxylic acid groups (broad SMARTS) is 1. The first kappa shape index (κ1) is 16.8. The van der Waals surface area contributed by atoms with Gasteiger partial charge in [0.05, 0.1) is 5.56 Å². The highest BCUT2D eigenvalue weighted by Gasteiger charge is 2.16. The molecule has 1 N–H and O–H groups in total. The Hall–Kier alpha value is -3.07. The molecule has 126 valence electrons. The maximum absolute atomic E-state index is 11.4. The fourth-order valence-corrected chi connectivity index (χ4v) is 3.07. The lowest BCUT2D eigenvalue weighted by molar-refractivity contribution is 0.0697. The van der Waals surface area contributed by atoms with Gasteiger partial charge in [-0.25, -0.2) is 4.79 Å². The van der Waals surface area contributed by atoms with Gasteiger partial charge in [0.2, 0.25) is 0 Å². The van der Waals surface area contributed by atoms with Crippen molar-refractivity contribution in [2.24, 2.45) is 0 Å². The molecule has 0 aliphatic rings. The maximum atomic E-state index is 11.4. The SMILES string of the molecule is C/C=C(\C)c1cc(-c2ccccc2)c(C)n1-c1cccc(C(=O)O)c1. The molecular weight excluding hydrogens is 310 g/mol. The summed E-state index contributed by atoms with van der Waals surface area (Å²) < 4.78 is 2.13. The molecule has 0 aliphatic heterocycles. The first-order chi connectivity index (χ1) is 12.0. The van der Waals surface area contributed by atoms with Crippen molar-refractivity contribution < 1.29 is 9.90 Å². The molecule has 0 saturated heterocycles. The molecule has 0 bridgehead atoms. The molecule has 3 aromatic rings. The quantitative estimate of drug-likeness (QED) is 0.678. The van der Waals surface area contributed by atoms with Crippen molar-refractivity contribution in [3.63, 3.8) is 0 Å². The molecule has 1 heterocycles. The van der Waals surface area contributed by atoms with Crippen LogP contribution >= 0.6 is 0 Å². The third-order valence-corrected chi connectivity index (χ3v) is 4.52. The van der Waals surface area contributed by atoms with Crippen LogP contribution in [0.1, 0.15) is 35.6 Å². The Morgan fingerprint density at radius 3 is 2.40 bits per heavy atom. The van der Waals surface area contributed by atoms with Crippen molar-refractivity contribution in [1.29, 1.82) is 0 Å². The Kier molecular flexibility index (Phi) is 4.57. The third-order valence-electron chi connectivity index (χ3n) is 4.52. The van der Waals surface area contributed by atoms with Crippen LogP contribution in [-0.2, 0) is 0 Å². The van der Waals surface area contributed by atoms with E-state index in [-0.39, 0.29) is 5.56 Å². The minimum atomic E-state index is -0.917. The number of allylic oxidation sites excluding steroid dienone is 2. The lowest BCUT2D eigenvalue weighted by Crippen LogP contribution is -2.04. The van der Waals surface area contributed by atoms with Gasteiger partial charge in [-0.15, -0.1) is 0 Å².